The molecule has 100 valence electrons. The first-order chi connectivity index (χ1) is 8.04. The van der Waals surface area contributed by atoms with E-state index in [9.17, 15) is 0 Å². The van der Waals surface area contributed by atoms with Crippen molar-refractivity contribution in [1.29, 1.82) is 0 Å². The molecule has 0 radical (unpaired) electrons. The first-order valence-corrected chi connectivity index (χ1v) is 7.54. The van der Waals surface area contributed by atoms with Crippen LogP contribution >= 0.6 is 0 Å². The number of likely N-dealkylation sites (tertiary alicyclic amines) is 1. The largest absolute Gasteiger partial charge is 0.312 e. The Morgan fingerprint density at radius 3 is 2.41 bits per heavy atom. The van der Waals surface area contributed by atoms with E-state index in [0.717, 1.165) is 12.0 Å². The third-order valence-electron chi connectivity index (χ3n) is 4.34. The van der Waals surface area contributed by atoms with E-state index in [2.05, 4.69) is 31.0 Å². The highest BCUT2D eigenvalue weighted by atomic mass is 15.2. The second kappa shape index (κ2) is 5.71. The number of piperidine rings is 1. The van der Waals surface area contributed by atoms with Gasteiger partial charge >= 0.3 is 0 Å². The summed E-state index contributed by atoms with van der Waals surface area (Å²) in [7, 11) is 0. The average Bonchev–Trinajstić information content (AvgIpc) is 2.75. The number of nitrogens with zero attached hydrogens (tertiary/aromatic N) is 1. The monoisotopic (exact) mass is 238 g/mol. The van der Waals surface area contributed by atoms with Gasteiger partial charge in [0.2, 0.25) is 0 Å². The van der Waals surface area contributed by atoms with Crippen LogP contribution in [0.15, 0.2) is 0 Å². The van der Waals surface area contributed by atoms with Crippen molar-refractivity contribution in [1.82, 2.24) is 10.2 Å². The van der Waals surface area contributed by atoms with Crippen LogP contribution < -0.4 is 5.32 Å². The summed E-state index contributed by atoms with van der Waals surface area (Å²) in [6.07, 6.45) is 8.63. The van der Waals surface area contributed by atoms with Crippen LogP contribution in [0.4, 0.5) is 0 Å². The number of hydrogen-bond donors (Lipinski definition) is 1. The lowest BCUT2D eigenvalue weighted by Gasteiger charge is -2.32. The van der Waals surface area contributed by atoms with Crippen LogP contribution in [0.25, 0.3) is 0 Å². The van der Waals surface area contributed by atoms with Gasteiger partial charge in [0.15, 0.2) is 0 Å². The molecular weight excluding hydrogens is 208 g/mol. The molecule has 17 heavy (non-hydrogen) atoms. The Labute approximate surface area is 107 Å². The summed E-state index contributed by atoms with van der Waals surface area (Å²) in [5, 5.41) is 3.67. The van der Waals surface area contributed by atoms with E-state index in [4.69, 9.17) is 0 Å². The molecule has 0 aromatic heterocycles. The Balaban J connectivity index is 1.71. The molecule has 0 amide bonds. The highest BCUT2D eigenvalue weighted by Gasteiger charge is 2.30. The van der Waals surface area contributed by atoms with E-state index in [0.29, 0.717) is 0 Å². The normalized spacial score (nSPS) is 31.9. The zero-order chi connectivity index (χ0) is 12.3. The maximum atomic E-state index is 3.67. The second-order valence-corrected chi connectivity index (χ2v) is 7.06. The standard InChI is InChI=1S/C15H30N2/c1-15(2,3)16-12-13-7-8-14(11-13)17-9-5-4-6-10-17/h13-14,16H,4-12H2,1-3H3/t13-,14+/m0/s1. The zero-order valence-electron chi connectivity index (χ0n) is 12.0. The van der Waals surface area contributed by atoms with Gasteiger partial charge < -0.3 is 10.2 Å². The summed E-state index contributed by atoms with van der Waals surface area (Å²) in [6, 6.07) is 0.905. The molecule has 0 aromatic carbocycles. The molecule has 2 nitrogen and oxygen atoms in total. The third kappa shape index (κ3) is 4.26. The van der Waals surface area contributed by atoms with Crippen LogP contribution in [-0.2, 0) is 0 Å². The molecule has 1 saturated carbocycles. The summed E-state index contributed by atoms with van der Waals surface area (Å²) < 4.78 is 0. The highest BCUT2D eigenvalue weighted by Crippen LogP contribution is 2.30. The second-order valence-electron chi connectivity index (χ2n) is 7.06. The van der Waals surface area contributed by atoms with Crippen molar-refractivity contribution in [3.05, 3.63) is 0 Å². The maximum Gasteiger partial charge on any atom is 0.00984 e. The van der Waals surface area contributed by atoms with E-state index in [1.807, 2.05) is 0 Å². The van der Waals surface area contributed by atoms with Crippen LogP contribution in [0.5, 0.6) is 0 Å². The lowest BCUT2D eigenvalue weighted by Crippen LogP contribution is -2.40. The molecule has 0 spiro atoms. The van der Waals surface area contributed by atoms with Crippen molar-refractivity contribution in [2.45, 2.75) is 70.9 Å². The Morgan fingerprint density at radius 2 is 1.76 bits per heavy atom. The maximum absolute atomic E-state index is 3.67. The van der Waals surface area contributed by atoms with Crippen LogP contribution in [0.2, 0.25) is 0 Å². The molecule has 1 heterocycles. The van der Waals surface area contributed by atoms with Gasteiger partial charge in [-0.15, -0.1) is 0 Å². The zero-order valence-corrected chi connectivity index (χ0v) is 12.0. The minimum atomic E-state index is 0.281. The van der Waals surface area contributed by atoms with Gasteiger partial charge in [-0.1, -0.05) is 6.42 Å². The van der Waals surface area contributed by atoms with Crippen molar-refractivity contribution in [3.8, 4) is 0 Å². The van der Waals surface area contributed by atoms with E-state index in [-0.39, 0.29) is 5.54 Å². The number of nitrogens with one attached hydrogen (secondary N) is 1. The SMILES string of the molecule is CC(C)(C)NC[C@H]1CC[C@@H](N2CCCCC2)C1. The smallest absolute Gasteiger partial charge is 0.00984 e. The molecule has 1 saturated heterocycles. The van der Waals surface area contributed by atoms with Gasteiger partial charge in [0.05, 0.1) is 0 Å². The highest BCUT2D eigenvalue weighted by molar-refractivity contribution is 4.86. The van der Waals surface area contributed by atoms with Gasteiger partial charge in [0.1, 0.15) is 0 Å². The lowest BCUT2D eigenvalue weighted by molar-refractivity contribution is 0.161. The molecule has 2 fully saturated rings. The molecule has 0 bridgehead atoms. The summed E-state index contributed by atoms with van der Waals surface area (Å²) in [4.78, 5) is 2.76. The molecular formula is C15H30N2. The quantitative estimate of drug-likeness (QED) is 0.813. The van der Waals surface area contributed by atoms with Gasteiger partial charge in [-0.2, -0.15) is 0 Å². The van der Waals surface area contributed by atoms with Crippen LogP contribution in [0, 0.1) is 5.92 Å². The van der Waals surface area contributed by atoms with Crippen LogP contribution in [-0.4, -0.2) is 36.1 Å². The topological polar surface area (TPSA) is 15.3 Å². The van der Waals surface area contributed by atoms with Crippen molar-refractivity contribution in [3.63, 3.8) is 0 Å². The fraction of sp³-hybridized carbons (Fsp3) is 1.00. The minimum Gasteiger partial charge on any atom is -0.312 e. The third-order valence-corrected chi connectivity index (χ3v) is 4.34. The van der Waals surface area contributed by atoms with Gasteiger partial charge in [0, 0.05) is 11.6 Å². The minimum absolute atomic E-state index is 0.281. The Bertz CT molecular complexity index is 226. The van der Waals surface area contributed by atoms with Crippen molar-refractivity contribution >= 4 is 0 Å². The molecule has 1 aliphatic carbocycles. The molecule has 1 N–H and O–H groups in total. The Hall–Kier alpha value is -0.0800. The first-order valence-electron chi connectivity index (χ1n) is 7.54. The summed E-state index contributed by atoms with van der Waals surface area (Å²) in [6.45, 7) is 10.8. The van der Waals surface area contributed by atoms with Crippen molar-refractivity contribution < 1.29 is 0 Å². The molecule has 0 aromatic rings. The molecule has 2 aliphatic rings. The summed E-state index contributed by atoms with van der Waals surface area (Å²) in [5.41, 5.74) is 0.281. The van der Waals surface area contributed by atoms with Crippen LogP contribution in [0.1, 0.15) is 59.3 Å². The fourth-order valence-electron chi connectivity index (χ4n) is 3.30. The Kier molecular flexibility index (Phi) is 4.48. The average molecular weight is 238 g/mol. The summed E-state index contributed by atoms with van der Waals surface area (Å²) >= 11 is 0. The van der Waals surface area contributed by atoms with Crippen molar-refractivity contribution in [2.24, 2.45) is 5.92 Å². The summed E-state index contributed by atoms with van der Waals surface area (Å²) in [5.74, 6) is 0.918. The predicted molar refractivity (Wildman–Crippen MR) is 74.3 cm³/mol. The Morgan fingerprint density at radius 1 is 1.06 bits per heavy atom. The number of rotatable bonds is 3. The van der Waals surface area contributed by atoms with E-state index in [1.165, 1.54) is 58.2 Å². The molecule has 0 unspecified atom stereocenters. The molecule has 2 atom stereocenters. The van der Waals surface area contributed by atoms with Crippen molar-refractivity contribution in [2.75, 3.05) is 19.6 Å². The lowest BCUT2D eigenvalue weighted by atomic mass is 10.0. The van der Waals surface area contributed by atoms with E-state index in [1.54, 1.807) is 0 Å². The van der Waals surface area contributed by atoms with Gasteiger partial charge in [-0.3, -0.25) is 0 Å². The van der Waals surface area contributed by atoms with Gasteiger partial charge in [0.25, 0.3) is 0 Å². The first kappa shape index (κ1) is 13.4. The molecule has 2 heteroatoms. The van der Waals surface area contributed by atoms with Crippen LogP contribution in [0.3, 0.4) is 0 Å². The predicted octanol–water partition coefficient (Wildman–Crippen LogP) is 3.03. The number of hydrogen-bond acceptors (Lipinski definition) is 2. The molecule has 2 rings (SSSR count). The van der Waals surface area contributed by atoms with E-state index < -0.39 is 0 Å². The fourth-order valence-corrected chi connectivity index (χ4v) is 3.30. The van der Waals surface area contributed by atoms with Gasteiger partial charge in [-0.25, -0.2) is 0 Å². The molecule has 1 aliphatic heterocycles. The van der Waals surface area contributed by atoms with Gasteiger partial charge in [-0.05, 0) is 78.4 Å². The van der Waals surface area contributed by atoms with E-state index >= 15 is 0 Å².